The van der Waals surface area contributed by atoms with Crippen LogP contribution in [0.25, 0.3) is 0 Å². The number of carbonyl (C=O) groups excluding carboxylic acids is 1. The van der Waals surface area contributed by atoms with E-state index >= 15 is 0 Å². The van der Waals surface area contributed by atoms with Gasteiger partial charge in [-0.3, -0.25) is 9.59 Å². The molecule has 8 atom stereocenters. The van der Waals surface area contributed by atoms with E-state index in [1.54, 1.807) is 0 Å². The highest BCUT2D eigenvalue weighted by Gasteiger charge is 2.61. The van der Waals surface area contributed by atoms with Crippen molar-refractivity contribution in [3.05, 3.63) is 11.6 Å². The average molecular weight is 389 g/mol. The third kappa shape index (κ3) is 2.98. The topological polar surface area (TPSA) is 74.6 Å². The van der Waals surface area contributed by atoms with E-state index in [4.69, 9.17) is 5.11 Å². The van der Waals surface area contributed by atoms with Crippen molar-refractivity contribution in [3.8, 4) is 0 Å². The molecule has 0 radical (unpaired) electrons. The first-order valence-electron chi connectivity index (χ1n) is 11.3. The van der Waals surface area contributed by atoms with Crippen LogP contribution in [-0.4, -0.2) is 28.1 Å². The van der Waals surface area contributed by atoms with Crippen molar-refractivity contribution < 1.29 is 19.8 Å². The molecule has 4 aliphatic carbocycles. The van der Waals surface area contributed by atoms with E-state index in [9.17, 15) is 14.7 Å². The third-order valence-electron chi connectivity index (χ3n) is 9.56. The Bertz CT molecular complexity index is 697. The van der Waals surface area contributed by atoms with Crippen molar-refractivity contribution in [3.63, 3.8) is 0 Å². The zero-order chi connectivity index (χ0) is 20.3. The summed E-state index contributed by atoms with van der Waals surface area (Å²) in [6.07, 6.45) is 9.39. The van der Waals surface area contributed by atoms with Gasteiger partial charge in [0, 0.05) is 12.8 Å². The van der Waals surface area contributed by atoms with Crippen molar-refractivity contribution in [2.45, 2.75) is 84.7 Å². The molecule has 1 unspecified atom stereocenters. The molecular weight excluding hydrogens is 352 g/mol. The molecular formula is C24H36O4. The molecule has 28 heavy (non-hydrogen) atoms. The summed E-state index contributed by atoms with van der Waals surface area (Å²) < 4.78 is 0. The quantitative estimate of drug-likeness (QED) is 0.738. The summed E-state index contributed by atoms with van der Waals surface area (Å²) in [5.74, 6) is 1.83. The molecule has 0 saturated heterocycles. The molecule has 0 aliphatic heterocycles. The predicted molar refractivity (Wildman–Crippen MR) is 108 cm³/mol. The third-order valence-corrected chi connectivity index (χ3v) is 9.56. The van der Waals surface area contributed by atoms with Gasteiger partial charge >= 0.3 is 5.97 Å². The van der Waals surface area contributed by atoms with Crippen LogP contribution in [-0.2, 0) is 9.59 Å². The van der Waals surface area contributed by atoms with Crippen LogP contribution in [0.15, 0.2) is 11.6 Å². The van der Waals surface area contributed by atoms with Crippen LogP contribution < -0.4 is 0 Å². The Labute approximate surface area is 168 Å². The summed E-state index contributed by atoms with van der Waals surface area (Å²) in [4.78, 5) is 23.0. The smallest absolute Gasteiger partial charge is 0.303 e. The minimum Gasteiger partial charge on any atom is -0.481 e. The number of hydrogen-bond acceptors (Lipinski definition) is 3. The molecule has 4 heteroatoms. The first-order chi connectivity index (χ1) is 13.2. The van der Waals surface area contributed by atoms with E-state index in [0.717, 1.165) is 32.1 Å². The zero-order valence-electron chi connectivity index (χ0n) is 17.6. The fourth-order valence-corrected chi connectivity index (χ4v) is 8.05. The molecule has 0 aromatic carbocycles. The lowest BCUT2D eigenvalue weighted by Crippen LogP contribution is -2.55. The monoisotopic (exact) mass is 388 g/mol. The fraction of sp³-hybridized carbons (Fsp3) is 0.833. The van der Waals surface area contributed by atoms with Crippen molar-refractivity contribution in [1.29, 1.82) is 0 Å². The second kappa shape index (κ2) is 6.97. The van der Waals surface area contributed by atoms with Crippen LogP contribution in [0.4, 0.5) is 0 Å². The number of aliphatic hydroxyl groups excluding tert-OH is 1. The van der Waals surface area contributed by atoms with E-state index in [2.05, 4.69) is 20.8 Å². The van der Waals surface area contributed by atoms with Crippen molar-refractivity contribution >= 4 is 11.8 Å². The number of fused-ring (bicyclic) bond motifs is 5. The number of rotatable bonds is 4. The molecule has 4 rings (SSSR count). The number of hydrogen-bond donors (Lipinski definition) is 2. The zero-order valence-corrected chi connectivity index (χ0v) is 17.6. The Kier molecular flexibility index (Phi) is 5.01. The Morgan fingerprint density at radius 2 is 1.96 bits per heavy atom. The second-order valence-corrected chi connectivity index (χ2v) is 10.8. The Balaban J connectivity index is 1.59. The number of aliphatic carboxylic acids is 1. The van der Waals surface area contributed by atoms with E-state index in [1.807, 2.05) is 6.08 Å². The SMILES string of the molecule is C[C@H](CCC(=O)O)[C@H]1CC[C@H]2[C@H]3C(O)CC4=CC(=O)CC[C@]4(C)[C@H]3CC[C@]12C. The molecule has 4 nitrogen and oxygen atoms in total. The minimum atomic E-state index is -0.697. The van der Waals surface area contributed by atoms with E-state index in [0.29, 0.717) is 42.4 Å². The lowest BCUT2D eigenvalue weighted by molar-refractivity contribution is -0.137. The minimum absolute atomic E-state index is 0.0755. The lowest BCUT2D eigenvalue weighted by Gasteiger charge is -2.59. The molecule has 156 valence electrons. The maximum Gasteiger partial charge on any atom is 0.303 e. The maximum absolute atomic E-state index is 12.0. The number of carboxylic acid groups (broad SMARTS) is 1. The summed E-state index contributed by atoms with van der Waals surface area (Å²) in [6, 6.07) is 0. The molecule has 0 bridgehead atoms. The van der Waals surface area contributed by atoms with Crippen molar-refractivity contribution in [2.75, 3.05) is 0 Å². The molecule has 0 aromatic heterocycles. The largest absolute Gasteiger partial charge is 0.481 e. The standard InChI is InChI=1S/C24H36O4/c1-14(4-7-21(27)28)17-5-6-18-22-19(9-11-24(17,18)3)23(2)10-8-16(25)12-15(23)13-20(22)26/h12,14,17-20,22,26H,4-11,13H2,1-3H3,(H,27,28)/t14-,17-,18+,19+,20?,22-,23+,24-/m1/s1. The molecule has 0 heterocycles. The van der Waals surface area contributed by atoms with Gasteiger partial charge in [0.25, 0.3) is 0 Å². The van der Waals surface area contributed by atoms with Gasteiger partial charge in [0.15, 0.2) is 5.78 Å². The number of aliphatic hydroxyl groups is 1. The molecule has 0 amide bonds. The van der Waals surface area contributed by atoms with Gasteiger partial charge in [0.1, 0.15) is 0 Å². The molecule has 3 saturated carbocycles. The Morgan fingerprint density at radius 1 is 1.21 bits per heavy atom. The summed E-state index contributed by atoms with van der Waals surface area (Å²) in [5.41, 5.74) is 1.49. The normalized spacial score (nSPS) is 46.2. The summed E-state index contributed by atoms with van der Waals surface area (Å²) >= 11 is 0. The van der Waals surface area contributed by atoms with E-state index in [1.165, 1.54) is 12.0 Å². The Hall–Kier alpha value is -1.16. The fourth-order valence-electron chi connectivity index (χ4n) is 8.05. The van der Waals surface area contributed by atoms with Crippen LogP contribution in [0.3, 0.4) is 0 Å². The van der Waals surface area contributed by atoms with E-state index < -0.39 is 5.97 Å². The second-order valence-electron chi connectivity index (χ2n) is 10.8. The molecule has 0 aromatic rings. The van der Waals surface area contributed by atoms with Crippen molar-refractivity contribution in [2.24, 2.45) is 40.4 Å². The molecule has 3 fully saturated rings. The Morgan fingerprint density at radius 3 is 2.68 bits per heavy atom. The van der Waals surface area contributed by atoms with Crippen LogP contribution >= 0.6 is 0 Å². The number of ketones is 1. The van der Waals surface area contributed by atoms with E-state index in [-0.39, 0.29) is 29.1 Å². The first-order valence-corrected chi connectivity index (χ1v) is 11.3. The van der Waals surface area contributed by atoms with Crippen molar-refractivity contribution in [1.82, 2.24) is 0 Å². The first kappa shape index (κ1) is 20.1. The molecule has 4 aliphatic rings. The number of carbonyl (C=O) groups is 2. The maximum atomic E-state index is 12.0. The van der Waals surface area contributed by atoms with Gasteiger partial charge in [-0.25, -0.2) is 0 Å². The molecule has 0 spiro atoms. The van der Waals surface area contributed by atoms with Gasteiger partial charge in [-0.2, -0.15) is 0 Å². The van der Waals surface area contributed by atoms with Gasteiger partial charge in [-0.05, 0) is 91.4 Å². The number of carboxylic acids is 1. The van der Waals surface area contributed by atoms with Gasteiger partial charge in [0.05, 0.1) is 6.10 Å². The lowest BCUT2D eigenvalue weighted by atomic mass is 9.45. The van der Waals surface area contributed by atoms with Crippen LogP contribution in [0.1, 0.15) is 78.6 Å². The van der Waals surface area contributed by atoms with Gasteiger partial charge < -0.3 is 10.2 Å². The highest BCUT2D eigenvalue weighted by Crippen LogP contribution is 2.67. The van der Waals surface area contributed by atoms with Crippen LogP contribution in [0.2, 0.25) is 0 Å². The average Bonchev–Trinajstić information content (AvgIpc) is 2.98. The highest BCUT2D eigenvalue weighted by atomic mass is 16.4. The summed E-state index contributed by atoms with van der Waals surface area (Å²) in [7, 11) is 0. The van der Waals surface area contributed by atoms with Gasteiger partial charge in [-0.1, -0.05) is 26.3 Å². The predicted octanol–water partition coefficient (Wildman–Crippen LogP) is 4.61. The summed E-state index contributed by atoms with van der Waals surface area (Å²) in [6.45, 7) is 7.01. The van der Waals surface area contributed by atoms with Crippen LogP contribution in [0.5, 0.6) is 0 Å². The van der Waals surface area contributed by atoms with Gasteiger partial charge in [-0.15, -0.1) is 0 Å². The van der Waals surface area contributed by atoms with Crippen LogP contribution in [0, 0.1) is 40.4 Å². The highest BCUT2D eigenvalue weighted by molar-refractivity contribution is 5.91. The summed E-state index contributed by atoms with van der Waals surface area (Å²) in [5, 5.41) is 20.3. The van der Waals surface area contributed by atoms with Gasteiger partial charge in [0.2, 0.25) is 0 Å². The molecule has 2 N–H and O–H groups in total.